The van der Waals surface area contributed by atoms with Gasteiger partial charge >= 0.3 is 0 Å². The van der Waals surface area contributed by atoms with Gasteiger partial charge in [0.15, 0.2) is 5.82 Å². The molecule has 0 fully saturated rings. The lowest BCUT2D eigenvalue weighted by Gasteiger charge is -2.15. The van der Waals surface area contributed by atoms with Crippen LogP contribution in [0.2, 0.25) is 0 Å². The van der Waals surface area contributed by atoms with Crippen molar-refractivity contribution < 1.29 is 4.42 Å². The average molecular weight is 665 g/mol. The molecule has 5 heteroatoms. The summed E-state index contributed by atoms with van der Waals surface area (Å²) in [4.78, 5) is 10.2. The van der Waals surface area contributed by atoms with Gasteiger partial charge in [-0.3, -0.25) is 0 Å². The molecule has 3 aromatic heterocycles. The highest BCUT2D eigenvalue weighted by atomic mass is 16.3. The highest BCUT2D eigenvalue weighted by Gasteiger charge is 2.20. The Kier molecular flexibility index (Phi) is 6.80. The zero-order chi connectivity index (χ0) is 34.6. The fourth-order valence-electron chi connectivity index (χ4n) is 7.37. The Hall–Kier alpha value is -7.29. The summed E-state index contributed by atoms with van der Waals surface area (Å²) < 4.78 is 8.91. The van der Waals surface area contributed by atoms with Gasteiger partial charge in [0.1, 0.15) is 11.2 Å². The zero-order valence-electron chi connectivity index (χ0n) is 27.9. The molecule has 0 radical (unpaired) electrons. The average Bonchev–Trinajstić information content (AvgIpc) is 3.77. The topological polar surface area (TPSA) is 67.6 Å². The second-order valence-corrected chi connectivity index (χ2v) is 12.9. The lowest BCUT2D eigenvalue weighted by molar-refractivity contribution is 0.673. The fourth-order valence-corrected chi connectivity index (χ4v) is 7.37. The van der Waals surface area contributed by atoms with Gasteiger partial charge in [-0.2, -0.15) is 5.26 Å². The van der Waals surface area contributed by atoms with E-state index in [1.807, 2.05) is 84.9 Å². The van der Waals surface area contributed by atoms with E-state index in [1.54, 1.807) is 0 Å². The van der Waals surface area contributed by atoms with Gasteiger partial charge in [-0.25, -0.2) is 9.97 Å². The monoisotopic (exact) mass is 664 g/mol. The fraction of sp³-hybridized carbons (Fsp3) is 0. The lowest BCUT2D eigenvalue weighted by atomic mass is 9.98. The maximum Gasteiger partial charge on any atom is 0.160 e. The van der Waals surface area contributed by atoms with Crippen molar-refractivity contribution in [3.63, 3.8) is 0 Å². The third kappa shape index (κ3) is 4.86. The van der Waals surface area contributed by atoms with E-state index in [4.69, 9.17) is 14.4 Å². The highest BCUT2D eigenvalue weighted by molar-refractivity contribution is 6.23. The highest BCUT2D eigenvalue weighted by Crippen LogP contribution is 2.42. The molecule has 0 spiro atoms. The maximum absolute atomic E-state index is 9.55. The molecule has 0 N–H and O–H groups in total. The van der Waals surface area contributed by atoms with Gasteiger partial charge in [-0.15, -0.1) is 0 Å². The van der Waals surface area contributed by atoms with Gasteiger partial charge in [0.2, 0.25) is 0 Å². The van der Waals surface area contributed by atoms with Crippen LogP contribution in [-0.2, 0) is 0 Å². The number of benzene rings is 7. The van der Waals surface area contributed by atoms with E-state index in [-0.39, 0.29) is 0 Å². The Bertz CT molecular complexity index is 2950. The van der Waals surface area contributed by atoms with Crippen LogP contribution in [0.15, 0.2) is 174 Å². The number of hydrogen-bond donors (Lipinski definition) is 0. The van der Waals surface area contributed by atoms with Crippen LogP contribution in [0.4, 0.5) is 0 Å². The summed E-state index contributed by atoms with van der Waals surface area (Å²) in [7, 11) is 0. The number of rotatable bonds is 5. The van der Waals surface area contributed by atoms with Crippen molar-refractivity contribution in [2.24, 2.45) is 0 Å². The van der Waals surface area contributed by atoms with E-state index >= 15 is 0 Å². The number of hydrogen-bond acceptors (Lipinski definition) is 4. The summed E-state index contributed by atoms with van der Waals surface area (Å²) in [5.41, 5.74) is 12.1. The van der Waals surface area contributed by atoms with Gasteiger partial charge in [0.05, 0.1) is 39.4 Å². The molecule has 0 aliphatic heterocycles. The predicted octanol–water partition coefficient (Wildman–Crippen LogP) is 12.0. The first kappa shape index (κ1) is 29.6. The normalized spacial score (nSPS) is 11.4. The van der Waals surface area contributed by atoms with Gasteiger partial charge < -0.3 is 8.98 Å². The Morgan fingerprint density at radius 2 is 1.13 bits per heavy atom. The number of nitrogens with zero attached hydrogens (tertiary/aromatic N) is 4. The zero-order valence-corrected chi connectivity index (χ0v) is 27.9. The minimum absolute atomic E-state index is 0.619. The largest absolute Gasteiger partial charge is 0.455 e. The quantitative estimate of drug-likeness (QED) is 0.184. The molecule has 242 valence electrons. The van der Waals surface area contributed by atoms with Crippen LogP contribution in [0.25, 0.3) is 94.5 Å². The van der Waals surface area contributed by atoms with Gasteiger partial charge in [-0.1, -0.05) is 109 Å². The van der Waals surface area contributed by atoms with E-state index in [0.717, 1.165) is 88.6 Å². The second-order valence-electron chi connectivity index (χ2n) is 12.9. The molecule has 52 heavy (non-hydrogen) atoms. The number of nitriles is 1. The molecule has 0 atom stereocenters. The second kappa shape index (κ2) is 11.9. The molecule has 5 nitrogen and oxygen atoms in total. The SMILES string of the molecule is N#Cc1ccc(-c2cc(-c3cc(-c4ccccc4)nc(-c4ccccc4)n3)cc(-n3c4ccccc4c4c5oc6ccccc6c5ccc43)c2)cc1. The standard InChI is InChI=1S/C47H28N4O/c48-29-30-19-21-31(22-20-30)34-25-35(41-28-40(32-11-3-1-4-12-32)49-47(50-41)33-13-5-2-6-14-33)27-36(26-34)51-42-17-9-7-16-39(42)45-43(51)24-23-38-37-15-8-10-18-44(37)52-46(38)45/h1-28H. The molecule has 10 rings (SSSR count). The van der Waals surface area contributed by atoms with Crippen molar-refractivity contribution >= 4 is 43.7 Å². The van der Waals surface area contributed by atoms with E-state index in [9.17, 15) is 5.26 Å². The Morgan fingerprint density at radius 1 is 0.481 bits per heavy atom. The molecule has 3 heterocycles. The Morgan fingerprint density at radius 3 is 1.90 bits per heavy atom. The van der Waals surface area contributed by atoms with E-state index < -0.39 is 0 Å². The molecular weight excluding hydrogens is 637 g/mol. The van der Waals surface area contributed by atoms with Gasteiger partial charge in [0, 0.05) is 38.5 Å². The van der Waals surface area contributed by atoms with Gasteiger partial charge in [-0.05, 0) is 71.8 Å². The van der Waals surface area contributed by atoms with Crippen molar-refractivity contribution in [1.29, 1.82) is 5.26 Å². The third-order valence-electron chi connectivity index (χ3n) is 9.83. The van der Waals surface area contributed by atoms with Crippen LogP contribution in [0.1, 0.15) is 5.56 Å². The smallest absolute Gasteiger partial charge is 0.160 e. The van der Waals surface area contributed by atoms with Crippen LogP contribution in [0.3, 0.4) is 0 Å². The third-order valence-corrected chi connectivity index (χ3v) is 9.83. The molecule has 0 saturated carbocycles. The van der Waals surface area contributed by atoms with Crippen LogP contribution < -0.4 is 0 Å². The predicted molar refractivity (Wildman–Crippen MR) is 210 cm³/mol. The van der Waals surface area contributed by atoms with Crippen molar-refractivity contribution in [3.05, 3.63) is 175 Å². The maximum atomic E-state index is 9.55. The summed E-state index contributed by atoms with van der Waals surface area (Å²) in [5, 5.41) is 13.9. The number of furan rings is 1. The van der Waals surface area contributed by atoms with E-state index in [1.165, 1.54) is 0 Å². The van der Waals surface area contributed by atoms with E-state index in [2.05, 4.69) is 95.6 Å². The molecule has 0 saturated heterocycles. The van der Waals surface area contributed by atoms with Crippen LogP contribution in [-0.4, -0.2) is 14.5 Å². The first-order valence-electron chi connectivity index (χ1n) is 17.2. The molecule has 0 aliphatic rings. The van der Waals surface area contributed by atoms with Crippen molar-refractivity contribution in [2.75, 3.05) is 0 Å². The minimum Gasteiger partial charge on any atom is -0.455 e. The number of fused-ring (bicyclic) bond motifs is 7. The van der Waals surface area contributed by atoms with Crippen molar-refractivity contribution in [1.82, 2.24) is 14.5 Å². The molecule has 10 aromatic rings. The van der Waals surface area contributed by atoms with Gasteiger partial charge in [0.25, 0.3) is 0 Å². The Labute approximate surface area is 299 Å². The van der Waals surface area contributed by atoms with Crippen LogP contribution in [0, 0.1) is 11.3 Å². The first-order valence-corrected chi connectivity index (χ1v) is 17.2. The molecule has 0 unspecified atom stereocenters. The lowest BCUT2D eigenvalue weighted by Crippen LogP contribution is -1.99. The summed E-state index contributed by atoms with van der Waals surface area (Å²) in [6.45, 7) is 0. The number of para-hydroxylation sites is 2. The summed E-state index contributed by atoms with van der Waals surface area (Å²) in [6.07, 6.45) is 0. The first-order chi connectivity index (χ1) is 25.7. The van der Waals surface area contributed by atoms with Crippen molar-refractivity contribution in [3.8, 4) is 56.8 Å². The summed E-state index contributed by atoms with van der Waals surface area (Å²) >= 11 is 0. The molecule has 7 aromatic carbocycles. The number of aromatic nitrogens is 3. The summed E-state index contributed by atoms with van der Waals surface area (Å²) in [5.74, 6) is 0.659. The Balaban J connectivity index is 1.27. The minimum atomic E-state index is 0.619. The van der Waals surface area contributed by atoms with Crippen LogP contribution >= 0.6 is 0 Å². The van der Waals surface area contributed by atoms with Crippen molar-refractivity contribution in [2.45, 2.75) is 0 Å². The molecule has 0 aliphatic carbocycles. The molecule has 0 bridgehead atoms. The molecule has 0 amide bonds. The van der Waals surface area contributed by atoms with Crippen LogP contribution in [0.5, 0.6) is 0 Å². The van der Waals surface area contributed by atoms with E-state index in [0.29, 0.717) is 11.4 Å². The molecular formula is C47H28N4O. The summed E-state index contributed by atoms with van der Waals surface area (Å²) in [6, 6.07) is 60.2.